The van der Waals surface area contributed by atoms with Gasteiger partial charge in [0.1, 0.15) is 6.04 Å². The third-order valence-corrected chi connectivity index (χ3v) is 4.04. The van der Waals surface area contributed by atoms with Crippen molar-refractivity contribution < 1.29 is 19.5 Å². The Kier molecular flexibility index (Phi) is 3.85. The van der Waals surface area contributed by atoms with E-state index in [1.54, 1.807) is 45.0 Å². The largest absolute Gasteiger partial charge is 0.480 e. The van der Waals surface area contributed by atoms with Gasteiger partial charge in [-0.1, -0.05) is 44.2 Å². The molecule has 0 spiro atoms. The van der Waals surface area contributed by atoms with Crippen molar-refractivity contribution >= 4 is 17.8 Å². The lowest BCUT2D eigenvalue weighted by Gasteiger charge is -2.28. The molecule has 112 valence electrons. The van der Waals surface area contributed by atoms with Gasteiger partial charge in [-0.15, -0.1) is 0 Å². The van der Waals surface area contributed by atoms with Gasteiger partial charge in [0, 0.05) is 6.42 Å². The maximum Gasteiger partial charge on any atom is 0.327 e. The Bertz CT molecular complexity index is 581. The van der Waals surface area contributed by atoms with Gasteiger partial charge in [0.05, 0.1) is 5.41 Å². The second-order valence-corrected chi connectivity index (χ2v) is 5.97. The van der Waals surface area contributed by atoms with Gasteiger partial charge in [-0.2, -0.15) is 0 Å². The highest BCUT2D eigenvalue weighted by Gasteiger charge is 2.53. The Balaban J connectivity index is 2.43. The first-order valence-corrected chi connectivity index (χ1v) is 6.94. The lowest BCUT2D eigenvalue weighted by atomic mass is 9.81. The van der Waals surface area contributed by atoms with Crippen molar-refractivity contribution in [1.29, 1.82) is 0 Å². The van der Waals surface area contributed by atoms with Crippen LogP contribution in [0, 0.1) is 5.92 Å². The molecule has 0 aromatic heterocycles. The summed E-state index contributed by atoms with van der Waals surface area (Å²) in [4.78, 5) is 37.3. The molecule has 1 heterocycles. The van der Waals surface area contributed by atoms with E-state index >= 15 is 0 Å². The molecule has 1 aromatic rings. The zero-order valence-corrected chi connectivity index (χ0v) is 12.4. The third kappa shape index (κ3) is 2.44. The zero-order chi connectivity index (χ0) is 15.8. The molecule has 2 atom stereocenters. The molecule has 1 aromatic carbocycles. The Morgan fingerprint density at radius 3 is 2.29 bits per heavy atom. The fourth-order valence-electron chi connectivity index (χ4n) is 2.85. The van der Waals surface area contributed by atoms with Crippen molar-refractivity contribution in [3.05, 3.63) is 35.9 Å². The molecule has 1 N–H and O–H groups in total. The van der Waals surface area contributed by atoms with Gasteiger partial charge < -0.3 is 5.11 Å². The molecular formula is C16H19NO4. The highest BCUT2D eigenvalue weighted by Crippen LogP contribution is 2.38. The summed E-state index contributed by atoms with van der Waals surface area (Å²) < 4.78 is 0. The Morgan fingerprint density at radius 1 is 1.24 bits per heavy atom. The summed E-state index contributed by atoms with van der Waals surface area (Å²) in [6.07, 6.45) is 0.00630. The van der Waals surface area contributed by atoms with Crippen molar-refractivity contribution in [2.75, 3.05) is 0 Å². The lowest BCUT2D eigenvalue weighted by Crippen LogP contribution is -2.49. The SMILES string of the molecule is CC(C)C(C(=O)O)N1C(=O)CC(C)(c2ccccc2)C1=O. The maximum atomic E-state index is 12.7. The van der Waals surface area contributed by atoms with Crippen LogP contribution < -0.4 is 0 Å². The van der Waals surface area contributed by atoms with Crippen LogP contribution in [0.1, 0.15) is 32.8 Å². The van der Waals surface area contributed by atoms with Crippen molar-refractivity contribution in [2.45, 2.75) is 38.6 Å². The van der Waals surface area contributed by atoms with E-state index in [4.69, 9.17) is 0 Å². The van der Waals surface area contributed by atoms with Gasteiger partial charge in [-0.05, 0) is 18.4 Å². The van der Waals surface area contributed by atoms with Gasteiger partial charge in [0.15, 0.2) is 0 Å². The summed E-state index contributed by atoms with van der Waals surface area (Å²) in [6, 6.07) is 7.91. The highest BCUT2D eigenvalue weighted by atomic mass is 16.4. The summed E-state index contributed by atoms with van der Waals surface area (Å²) in [5.41, 5.74) is -0.250. The number of rotatable bonds is 4. The number of carbonyl (C=O) groups is 3. The molecule has 0 saturated carbocycles. The first kappa shape index (κ1) is 15.2. The van der Waals surface area contributed by atoms with Crippen molar-refractivity contribution in [3.8, 4) is 0 Å². The zero-order valence-electron chi connectivity index (χ0n) is 12.4. The fourth-order valence-corrected chi connectivity index (χ4v) is 2.85. The van der Waals surface area contributed by atoms with Gasteiger partial charge in [0.25, 0.3) is 0 Å². The van der Waals surface area contributed by atoms with Gasteiger partial charge in [0.2, 0.25) is 11.8 Å². The smallest absolute Gasteiger partial charge is 0.327 e. The number of aliphatic carboxylic acids is 1. The van der Waals surface area contributed by atoms with E-state index < -0.39 is 29.2 Å². The topological polar surface area (TPSA) is 74.7 Å². The monoisotopic (exact) mass is 289 g/mol. The number of carboxylic acid groups (broad SMARTS) is 1. The number of likely N-dealkylation sites (tertiary alicyclic amines) is 1. The molecule has 2 rings (SSSR count). The number of benzene rings is 1. The van der Waals surface area contributed by atoms with Crippen LogP contribution in [-0.4, -0.2) is 33.8 Å². The van der Waals surface area contributed by atoms with Gasteiger partial charge in [-0.25, -0.2) is 4.79 Å². The summed E-state index contributed by atoms with van der Waals surface area (Å²) >= 11 is 0. The van der Waals surface area contributed by atoms with E-state index in [2.05, 4.69) is 0 Å². The average molecular weight is 289 g/mol. The number of nitrogens with zero attached hydrogens (tertiary/aromatic N) is 1. The van der Waals surface area contributed by atoms with E-state index in [0.29, 0.717) is 0 Å². The predicted octanol–water partition coefficient (Wildman–Crippen LogP) is 1.81. The van der Waals surface area contributed by atoms with E-state index in [0.717, 1.165) is 10.5 Å². The van der Waals surface area contributed by atoms with Crippen LogP contribution in [0.3, 0.4) is 0 Å². The second-order valence-electron chi connectivity index (χ2n) is 5.97. The minimum Gasteiger partial charge on any atom is -0.480 e. The third-order valence-electron chi connectivity index (χ3n) is 4.04. The highest BCUT2D eigenvalue weighted by molar-refractivity contribution is 6.11. The normalized spacial score (nSPS) is 23.7. The fraction of sp³-hybridized carbons (Fsp3) is 0.438. The first-order valence-electron chi connectivity index (χ1n) is 6.94. The number of amides is 2. The average Bonchev–Trinajstić information content (AvgIpc) is 2.64. The molecule has 1 saturated heterocycles. The molecule has 5 nitrogen and oxygen atoms in total. The molecule has 1 fully saturated rings. The predicted molar refractivity (Wildman–Crippen MR) is 76.5 cm³/mol. The number of carboxylic acids is 1. The van der Waals surface area contributed by atoms with Crippen LogP contribution in [0.25, 0.3) is 0 Å². The summed E-state index contributed by atoms with van der Waals surface area (Å²) in [7, 11) is 0. The minimum atomic E-state index is -1.15. The van der Waals surface area contributed by atoms with Crippen LogP contribution in [0.4, 0.5) is 0 Å². The molecular weight excluding hydrogens is 270 g/mol. The second kappa shape index (κ2) is 5.31. The Hall–Kier alpha value is -2.17. The van der Waals surface area contributed by atoms with E-state index in [1.807, 2.05) is 6.07 Å². The van der Waals surface area contributed by atoms with Gasteiger partial charge in [-0.3, -0.25) is 14.5 Å². The van der Waals surface area contributed by atoms with Crippen LogP contribution in [0.2, 0.25) is 0 Å². The molecule has 2 unspecified atom stereocenters. The summed E-state index contributed by atoms with van der Waals surface area (Å²) in [5.74, 6) is -2.34. The van der Waals surface area contributed by atoms with Crippen molar-refractivity contribution in [1.82, 2.24) is 4.90 Å². The quantitative estimate of drug-likeness (QED) is 0.858. The standard InChI is InChI=1S/C16H19NO4/c1-10(2)13(14(19)20)17-12(18)9-16(3,15(17)21)11-7-5-4-6-8-11/h4-8,10,13H,9H2,1-3H3,(H,19,20). The van der Waals surface area contributed by atoms with E-state index in [-0.39, 0.29) is 12.3 Å². The van der Waals surface area contributed by atoms with Crippen molar-refractivity contribution in [3.63, 3.8) is 0 Å². The van der Waals surface area contributed by atoms with Crippen LogP contribution in [0.15, 0.2) is 30.3 Å². The van der Waals surface area contributed by atoms with Gasteiger partial charge >= 0.3 is 5.97 Å². The molecule has 1 aliphatic rings. The summed E-state index contributed by atoms with van der Waals surface area (Å²) in [6.45, 7) is 5.08. The molecule has 0 radical (unpaired) electrons. The molecule has 1 aliphatic heterocycles. The number of hydrogen-bond acceptors (Lipinski definition) is 3. The maximum absolute atomic E-state index is 12.7. The lowest BCUT2D eigenvalue weighted by molar-refractivity contribution is -0.156. The van der Waals surface area contributed by atoms with E-state index in [9.17, 15) is 19.5 Å². The molecule has 21 heavy (non-hydrogen) atoms. The Morgan fingerprint density at radius 2 is 1.81 bits per heavy atom. The number of hydrogen-bond donors (Lipinski definition) is 1. The van der Waals surface area contributed by atoms with E-state index in [1.165, 1.54) is 0 Å². The molecule has 0 aliphatic carbocycles. The Labute approximate surface area is 123 Å². The molecule has 2 amide bonds. The van der Waals surface area contributed by atoms with Crippen LogP contribution in [0.5, 0.6) is 0 Å². The summed E-state index contributed by atoms with van der Waals surface area (Å²) in [5, 5.41) is 9.33. The van der Waals surface area contributed by atoms with Crippen LogP contribution >= 0.6 is 0 Å². The first-order chi connectivity index (χ1) is 9.79. The minimum absolute atomic E-state index is 0.00630. The van der Waals surface area contributed by atoms with Crippen molar-refractivity contribution in [2.24, 2.45) is 5.92 Å². The number of carbonyl (C=O) groups excluding carboxylic acids is 2. The molecule has 0 bridgehead atoms. The van der Waals surface area contributed by atoms with Crippen LogP contribution in [-0.2, 0) is 19.8 Å². The molecule has 5 heteroatoms. The number of imide groups is 1.